The Bertz CT molecular complexity index is 755. The Morgan fingerprint density at radius 2 is 1.48 bits per heavy atom. The topological polar surface area (TPSA) is 44.7 Å². The van der Waals surface area contributed by atoms with Gasteiger partial charge in [-0.15, -0.1) is 0 Å². The molecule has 3 heterocycles. The highest BCUT2D eigenvalue weighted by atomic mass is 35.5. The summed E-state index contributed by atoms with van der Waals surface area (Å²) in [6.07, 6.45) is 0. The van der Waals surface area contributed by atoms with Gasteiger partial charge in [0, 0.05) is 56.9 Å². The minimum atomic E-state index is 0.766. The van der Waals surface area contributed by atoms with E-state index < -0.39 is 0 Å². The summed E-state index contributed by atoms with van der Waals surface area (Å²) >= 11 is 5.98. The van der Waals surface area contributed by atoms with E-state index >= 15 is 0 Å². The Morgan fingerprint density at radius 1 is 0.889 bits per heavy atom. The SMILES string of the molecule is Cc1nc(N2CCOCC2)cc(N2CCN(Cc3ccc(Cl)cc3)CC2)n1. The van der Waals surface area contributed by atoms with Crippen molar-refractivity contribution in [2.24, 2.45) is 0 Å². The number of morpholine rings is 1. The molecule has 0 amide bonds. The second-order valence-electron chi connectivity index (χ2n) is 7.12. The number of hydrogen-bond donors (Lipinski definition) is 0. The fourth-order valence-electron chi connectivity index (χ4n) is 3.64. The summed E-state index contributed by atoms with van der Waals surface area (Å²) in [7, 11) is 0. The normalized spacial score (nSPS) is 18.7. The van der Waals surface area contributed by atoms with Crippen LogP contribution in [0.5, 0.6) is 0 Å². The molecule has 0 spiro atoms. The second kappa shape index (κ2) is 8.42. The third-order valence-electron chi connectivity index (χ3n) is 5.16. The number of nitrogens with zero attached hydrogens (tertiary/aromatic N) is 5. The minimum Gasteiger partial charge on any atom is -0.378 e. The summed E-state index contributed by atoms with van der Waals surface area (Å²) in [6.45, 7) is 10.3. The van der Waals surface area contributed by atoms with Gasteiger partial charge >= 0.3 is 0 Å². The lowest BCUT2D eigenvalue weighted by Crippen LogP contribution is -2.46. The van der Waals surface area contributed by atoms with Crippen LogP contribution in [-0.2, 0) is 11.3 Å². The molecule has 0 aliphatic carbocycles. The Kier molecular flexibility index (Phi) is 5.76. The average molecular weight is 388 g/mol. The lowest BCUT2D eigenvalue weighted by Gasteiger charge is -2.36. The lowest BCUT2D eigenvalue weighted by atomic mass is 10.2. The minimum absolute atomic E-state index is 0.766. The smallest absolute Gasteiger partial charge is 0.134 e. The van der Waals surface area contributed by atoms with Crippen LogP contribution >= 0.6 is 11.6 Å². The zero-order valence-electron chi connectivity index (χ0n) is 15.8. The maximum atomic E-state index is 5.98. The average Bonchev–Trinajstić information content (AvgIpc) is 2.70. The highest BCUT2D eigenvalue weighted by Gasteiger charge is 2.21. The lowest BCUT2D eigenvalue weighted by molar-refractivity contribution is 0.122. The van der Waals surface area contributed by atoms with E-state index in [2.05, 4.69) is 37.9 Å². The predicted molar refractivity (Wildman–Crippen MR) is 109 cm³/mol. The number of hydrogen-bond acceptors (Lipinski definition) is 6. The van der Waals surface area contributed by atoms with Gasteiger partial charge in [-0.25, -0.2) is 9.97 Å². The zero-order chi connectivity index (χ0) is 18.6. The summed E-state index contributed by atoms with van der Waals surface area (Å²) < 4.78 is 5.46. The first-order valence-corrected chi connectivity index (χ1v) is 9.95. The van der Waals surface area contributed by atoms with Crippen molar-refractivity contribution in [1.29, 1.82) is 0 Å². The van der Waals surface area contributed by atoms with Crippen molar-refractivity contribution in [2.75, 3.05) is 62.3 Å². The molecule has 4 rings (SSSR count). The van der Waals surface area contributed by atoms with E-state index in [0.717, 1.165) is 81.5 Å². The molecule has 2 aliphatic rings. The monoisotopic (exact) mass is 387 g/mol. The van der Waals surface area contributed by atoms with E-state index in [4.69, 9.17) is 21.3 Å². The molecule has 0 radical (unpaired) electrons. The quantitative estimate of drug-likeness (QED) is 0.803. The Hall–Kier alpha value is -1.89. The number of piperazine rings is 1. The van der Waals surface area contributed by atoms with Crippen LogP contribution < -0.4 is 9.80 Å². The van der Waals surface area contributed by atoms with Gasteiger partial charge < -0.3 is 14.5 Å². The van der Waals surface area contributed by atoms with Crippen molar-refractivity contribution >= 4 is 23.2 Å². The Labute approximate surface area is 165 Å². The van der Waals surface area contributed by atoms with Crippen LogP contribution in [0.2, 0.25) is 5.02 Å². The molecule has 0 saturated carbocycles. The van der Waals surface area contributed by atoms with E-state index in [1.165, 1.54) is 5.56 Å². The molecule has 7 heteroatoms. The van der Waals surface area contributed by atoms with E-state index in [0.29, 0.717) is 0 Å². The van der Waals surface area contributed by atoms with Gasteiger partial charge in [-0.05, 0) is 24.6 Å². The van der Waals surface area contributed by atoms with E-state index in [9.17, 15) is 0 Å². The molecule has 0 N–H and O–H groups in total. The third-order valence-corrected chi connectivity index (χ3v) is 5.41. The largest absolute Gasteiger partial charge is 0.378 e. The maximum Gasteiger partial charge on any atom is 0.134 e. The number of halogens is 1. The van der Waals surface area contributed by atoms with Gasteiger partial charge in [-0.2, -0.15) is 0 Å². The summed E-state index contributed by atoms with van der Waals surface area (Å²) in [6, 6.07) is 10.3. The first kappa shape index (κ1) is 18.5. The molecule has 0 unspecified atom stereocenters. The Balaban J connectivity index is 1.38. The van der Waals surface area contributed by atoms with E-state index in [1.807, 2.05) is 19.1 Å². The number of ether oxygens (including phenoxy) is 1. The van der Waals surface area contributed by atoms with Crippen LogP contribution in [0, 0.1) is 6.92 Å². The summed E-state index contributed by atoms with van der Waals surface area (Å²) in [5.74, 6) is 2.89. The fraction of sp³-hybridized carbons (Fsp3) is 0.500. The van der Waals surface area contributed by atoms with Gasteiger partial charge in [0.25, 0.3) is 0 Å². The maximum absolute atomic E-state index is 5.98. The summed E-state index contributed by atoms with van der Waals surface area (Å²) in [4.78, 5) is 16.5. The molecule has 2 aromatic rings. The molecule has 27 heavy (non-hydrogen) atoms. The van der Waals surface area contributed by atoms with Crippen molar-refractivity contribution < 1.29 is 4.74 Å². The van der Waals surface area contributed by atoms with Crippen molar-refractivity contribution in [1.82, 2.24) is 14.9 Å². The first-order chi connectivity index (χ1) is 13.2. The number of anilines is 2. The highest BCUT2D eigenvalue weighted by molar-refractivity contribution is 6.30. The zero-order valence-corrected chi connectivity index (χ0v) is 16.5. The predicted octanol–water partition coefficient (Wildman–Crippen LogP) is 2.60. The van der Waals surface area contributed by atoms with Gasteiger partial charge in [-0.3, -0.25) is 4.90 Å². The van der Waals surface area contributed by atoms with Crippen LogP contribution in [-0.4, -0.2) is 67.4 Å². The number of aryl methyl sites for hydroxylation is 1. The molecule has 0 atom stereocenters. The molecule has 144 valence electrons. The van der Waals surface area contributed by atoms with E-state index in [-0.39, 0.29) is 0 Å². The van der Waals surface area contributed by atoms with Gasteiger partial charge in [0.05, 0.1) is 13.2 Å². The van der Waals surface area contributed by atoms with Gasteiger partial charge in [0.15, 0.2) is 0 Å². The molecule has 1 aromatic carbocycles. The Morgan fingerprint density at radius 3 is 2.11 bits per heavy atom. The first-order valence-electron chi connectivity index (χ1n) is 9.57. The van der Waals surface area contributed by atoms with Crippen LogP contribution in [0.1, 0.15) is 11.4 Å². The molecule has 6 nitrogen and oxygen atoms in total. The molecule has 0 bridgehead atoms. The van der Waals surface area contributed by atoms with Crippen LogP contribution in [0.25, 0.3) is 0 Å². The van der Waals surface area contributed by atoms with Crippen LogP contribution in [0.15, 0.2) is 30.3 Å². The van der Waals surface area contributed by atoms with Crippen molar-refractivity contribution in [3.63, 3.8) is 0 Å². The highest BCUT2D eigenvalue weighted by Crippen LogP contribution is 2.22. The molecular formula is C20H26ClN5O. The van der Waals surface area contributed by atoms with Crippen molar-refractivity contribution in [2.45, 2.75) is 13.5 Å². The fourth-order valence-corrected chi connectivity index (χ4v) is 3.76. The number of rotatable bonds is 4. The van der Waals surface area contributed by atoms with E-state index in [1.54, 1.807) is 0 Å². The molecule has 2 saturated heterocycles. The third kappa shape index (κ3) is 4.69. The summed E-state index contributed by atoms with van der Waals surface area (Å²) in [5, 5.41) is 0.791. The second-order valence-corrected chi connectivity index (χ2v) is 7.56. The molecule has 2 aliphatic heterocycles. The van der Waals surface area contributed by atoms with Gasteiger partial charge in [0.1, 0.15) is 17.5 Å². The standard InChI is InChI=1S/C20H26ClN5O/c1-16-22-19(14-20(23-16)26-10-12-27-13-11-26)25-8-6-24(7-9-25)15-17-2-4-18(21)5-3-17/h2-5,14H,6-13,15H2,1H3. The molecule has 2 fully saturated rings. The molecular weight excluding hydrogens is 362 g/mol. The van der Waals surface area contributed by atoms with Gasteiger partial charge in [0.2, 0.25) is 0 Å². The van der Waals surface area contributed by atoms with Gasteiger partial charge in [-0.1, -0.05) is 23.7 Å². The van der Waals surface area contributed by atoms with Crippen LogP contribution in [0.4, 0.5) is 11.6 Å². The van der Waals surface area contributed by atoms with Crippen molar-refractivity contribution in [3.05, 3.63) is 46.7 Å². The number of aromatic nitrogens is 2. The van der Waals surface area contributed by atoms with Crippen LogP contribution in [0.3, 0.4) is 0 Å². The van der Waals surface area contributed by atoms with Crippen molar-refractivity contribution in [3.8, 4) is 0 Å². The summed E-state index contributed by atoms with van der Waals surface area (Å²) in [5.41, 5.74) is 1.31. The number of benzene rings is 1. The molecule has 1 aromatic heterocycles.